The molecule has 1 unspecified atom stereocenters. The number of nitrogens with zero attached hydrogens (tertiary/aromatic N) is 2. The van der Waals surface area contributed by atoms with E-state index in [0.717, 1.165) is 11.3 Å². The Balaban J connectivity index is 1.37. The highest BCUT2D eigenvalue weighted by molar-refractivity contribution is 6.37. The number of halogens is 2. The van der Waals surface area contributed by atoms with Crippen LogP contribution in [0, 0.1) is 0 Å². The van der Waals surface area contributed by atoms with Gasteiger partial charge in [-0.2, -0.15) is 0 Å². The van der Waals surface area contributed by atoms with Crippen molar-refractivity contribution in [1.29, 1.82) is 0 Å². The Bertz CT molecular complexity index is 1370. The number of amides is 1. The molecular formula is C25H18Cl2N4O2. The molecular weight excluding hydrogens is 459 g/mol. The van der Waals surface area contributed by atoms with E-state index in [1.54, 1.807) is 42.6 Å². The highest BCUT2D eigenvalue weighted by Gasteiger charge is 2.29. The van der Waals surface area contributed by atoms with E-state index >= 15 is 0 Å². The van der Waals surface area contributed by atoms with Crippen LogP contribution in [0.25, 0.3) is 0 Å². The molecule has 3 aromatic carbocycles. The summed E-state index contributed by atoms with van der Waals surface area (Å²) < 4.78 is 1.98. The van der Waals surface area contributed by atoms with Gasteiger partial charge in [-0.25, -0.2) is 4.98 Å². The molecule has 0 saturated carbocycles. The van der Waals surface area contributed by atoms with E-state index in [1.807, 2.05) is 35.0 Å². The normalized spacial score (nSPS) is 14.4. The molecule has 33 heavy (non-hydrogen) atoms. The molecule has 0 spiro atoms. The lowest BCUT2D eigenvalue weighted by molar-refractivity contribution is 0.0965. The van der Waals surface area contributed by atoms with Gasteiger partial charge in [-0.05, 0) is 54.1 Å². The summed E-state index contributed by atoms with van der Waals surface area (Å²) in [6.07, 6.45) is 3.58. The minimum Gasteiger partial charge on any atom is -0.369 e. The zero-order chi connectivity index (χ0) is 22.9. The summed E-state index contributed by atoms with van der Waals surface area (Å²) in [7, 11) is 0. The van der Waals surface area contributed by atoms with Crippen LogP contribution in [0.3, 0.4) is 0 Å². The fraction of sp³-hybridized carbons (Fsp3) is 0.0800. The Morgan fingerprint density at radius 1 is 1.03 bits per heavy atom. The smallest absolute Gasteiger partial charge is 0.257 e. The molecule has 0 radical (unpaired) electrons. The van der Waals surface area contributed by atoms with E-state index in [4.69, 9.17) is 23.2 Å². The van der Waals surface area contributed by atoms with Crippen molar-refractivity contribution in [2.75, 3.05) is 10.6 Å². The summed E-state index contributed by atoms with van der Waals surface area (Å²) in [5, 5.41) is 6.86. The molecule has 1 aromatic heterocycles. The minimum atomic E-state index is -0.628. The fourth-order valence-electron chi connectivity index (χ4n) is 3.86. The number of ketones is 1. The number of hydrogen-bond donors (Lipinski definition) is 2. The Labute approximate surface area is 200 Å². The predicted octanol–water partition coefficient (Wildman–Crippen LogP) is 5.84. The largest absolute Gasteiger partial charge is 0.369 e. The number of carbonyl (C=O) groups is 2. The number of nitrogens with one attached hydrogen (secondary N) is 2. The number of anilines is 2. The third kappa shape index (κ3) is 4.23. The van der Waals surface area contributed by atoms with Crippen molar-refractivity contribution >= 4 is 46.3 Å². The van der Waals surface area contributed by atoms with Gasteiger partial charge in [0.05, 0.1) is 17.1 Å². The monoisotopic (exact) mass is 476 g/mol. The van der Waals surface area contributed by atoms with Crippen molar-refractivity contribution in [3.63, 3.8) is 0 Å². The molecule has 1 amide bonds. The van der Waals surface area contributed by atoms with Crippen molar-refractivity contribution in [3.8, 4) is 0 Å². The van der Waals surface area contributed by atoms with Crippen LogP contribution in [0.15, 0.2) is 79.1 Å². The number of benzene rings is 3. The summed E-state index contributed by atoms with van der Waals surface area (Å²) in [6, 6.07) is 18.7. The molecule has 0 fully saturated rings. The molecule has 4 aromatic rings. The van der Waals surface area contributed by atoms with Gasteiger partial charge in [0.1, 0.15) is 11.9 Å². The Kier molecular flexibility index (Phi) is 5.62. The van der Waals surface area contributed by atoms with Gasteiger partial charge in [0.25, 0.3) is 5.91 Å². The number of fused-ring (bicyclic) bond motifs is 2. The molecule has 1 aliphatic heterocycles. The second-order valence-electron chi connectivity index (χ2n) is 7.67. The number of para-hydroxylation sites is 1. The van der Waals surface area contributed by atoms with Crippen LogP contribution in [0.5, 0.6) is 0 Å². The van der Waals surface area contributed by atoms with Crippen LogP contribution in [0.4, 0.5) is 11.4 Å². The average molecular weight is 477 g/mol. The first-order valence-electron chi connectivity index (χ1n) is 10.3. The maximum atomic E-state index is 13.4. The first-order chi connectivity index (χ1) is 16.0. The van der Waals surface area contributed by atoms with Gasteiger partial charge in [0, 0.05) is 34.4 Å². The first kappa shape index (κ1) is 21.2. The summed E-state index contributed by atoms with van der Waals surface area (Å²) in [6.45, 7) is 0.639. The maximum absolute atomic E-state index is 13.4. The van der Waals surface area contributed by atoms with Gasteiger partial charge in [0.2, 0.25) is 0 Å². The van der Waals surface area contributed by atoms with Gasteiger partial charge < -0.3 is 15.2 Å². The van der Waals surface area contributed by atoms with Gasteiger partial charge in [0.15, 0.2) is 5.78 Å². The average Bonchev–Trinajstić information content (AvgIpc) is 3.20. The van der Waals surface area contributed by atoms with E-state index in [9.17, 15) is 9.59 Å². The van der Waals surface area contributed by atoms with Crippen molar-refractivity contribution in [2.45, 2.75) is 12.6 Å². The second kappa shape index (κ2) is 8.73. The van der Waals surface area contributed by atoms with Gasteiger partial charge in [-0.1, -0.05) is 41.4 Å². The van der Waals surface area contributed by atoms with Crippen LogP contribution >= 0.6 is 23.2 Å². The van der Waals surface area contributed by atoms with Gasteiger partial charge >= 0.3 is 0 Å². The third-order valence-corrected chi connectivity index (χ3v) is 6.08. The molecule has 5 rings (SSSR count). The standard InChI is InChI=1S/C25H18Cl2N4O2/c26-17-7-10-19(20(27)13-17)25(33)29-18-8-5-15(6-9-18)23(32)22-24-28-11-12-31(24)14-16-3-1-2-4-21(16)30-22/h1-13,22,30H,14H2,(H,29,33). The van der Waals surface area contributed by atoms with E-state index in [0.29, 0.717) is 34.2 Å². The topological polar surface area (TPSA) is 76.0 Å². The van der Waals surface area contributed by atoms with E-state index in [1.165, 1.54) is 6.07 Å². The van der Waals surface area contributed by atoms with Crippen LogP contribution in [0.1, 0.15) is 38.1 Å². The highest BCUT2D eigenvalue weighted by Crippen LogP contribution is 2.30. The third-order valence-electron chi connectivity index (χ3n) is 5.53. The molecule has 6 nitrogen and oxygen atoms in total. The van der Waals surface area contributed by atoms with Crippen LogP contribution < -0.4 is 10.6 Å². The summed E-state index contributed by atoms with van der Waals surface area (Å²) >= 11 is 12.0. The minimum absolute atomic E-state index is 0.113. The van der Waals surface area contributed by atoms with E-state index in [-0.39, 0.29) is 16.7 Å². The maximum Gasteiger partial charge on any atom is 0.257 e. The number of imidazole rings is 1. The molecule has 1 atom stereocenters. The molecule has 2 heterocycles. The zero-order valence-electron chi connectivity index (χ0n) is 17.3. The zero-order valence-corrected chi connectivity index (χ0v) is 18.8. The Hall–Kier alpha value is -3.61. The molecule has 164 valence electrons. The number of hydrogen-bond acceptors (Lipinski definition) is 4. The Morgan fingerprint density at radius 3 is 2.61 bits per heavy atom. The molecule has 0 saturated heterocycles. The van der Waals surface area contributed by atoms with Crippen LogP contribution in [0.2, 0.25) is 10.0 Å². The van der Waals surface area contributed by atoms with Crippen molar-refractivity contribution in [1.82, 2.24) is 9.55 Å². The second-order valence-corrected chi connectivity index (χ2v) is 8.51. The Morgan fingerprint density at radius 2 is 1.82 bits per heavy atom. The van der Waals surface area contributed by atoms with Crippen molar-refractivity contribution < 1.29 is 9.59 Å². The number of Topliss-reactive ketones (excluding diaryl/α,β-unsaturated/α-hetero) is 1. The van der Waals surface area contributed by atoms with Crippen molar-refractivity contribution in [3.05, 3.63) is 112 Å². The van der Waals surface area contributed by atoms with Gasteiger partial charge in [-0.15, -0.1) is 0 Å². The van der Waals surface area contributed by atoms with Crippen molar-refractivity contribution in [2.24, 2.45) is 0 Å². The summed E-state index contributed by atoms with van der Waals surface area (Å²) in [4.78, 5) is 30.4. The molecule has 8 heteroatoms. The lowest BCUT2D eigenvalue weighted by Crippen LogP contribution is -2.23. The quantitative estimate of drug-likeness (QED) is 0.362. The number of carbonyl (C=O) groups excluding carboxylic acids is 2. The molecule has 0 bridgehead atoms. The summed E-state index contributed by atoms with van der Waals surface area (Å²) in [5.74, 6) is 0.184. The van der Waals surface area contributed by atoms with Crippen LogP contribution in [-0.2, 0) is 6.54 Å². The molecule has 0 aliphatic carbocycles. The number of aromatic nitrogens is 2. The predicted molar refractivity (Wildman–Crippen MR) is 129 cm³/mol. The highest BCUT2D eigenvalue weighted by atomic mass is 35.5. The number of rotatable bonds is 4. The molecule has 2 N–H and O–H groups in total. The van der Waals surface area contributed by atoms with E-state index < -0.39 is 6.04 Å². The fourth-order valence-corrected chi connectivity index (χ4v) is 4.35. The van der Waals surface area contributed by atoms with Crippen LogP contribution in [-0.4, -0.2) is 21.2 Å². The SMILES string of the molecule is O=C(Nc1ccc(C(=O)C2Nc3ccccc3Cn3ccnc32)cc1)c1ccc(Cl)cc1Cl. The lowest BCUT2D eigenvalue weighted by atomic mass is 10.0. The lowest BCUT2D eigenvalue weighted by Gasteiger charge is -2.17. The van der Waals surface area contributed by atoms with Gasteiger partial charge in [-0.3, -0.25) is 9.59 Å². The van der Waals surface area contributed by atoms with E-state index in [2.05, 4.69) is 15.6 Å². The summed E-state index contributed by atoms with van der Waals surface area (Å²) in [5.41, 5.74) is 3.36. The first-order valence-corrected chi connectivity index (χ1v) is 11.0. The molecule has 1 aliphatic rings.